The quantitative estimate of drug-likeness (QED) is 0.913. The van der Waals surface area contributed by atoms with Crippen LogP contribution in [0.4, 0.5) is 0 Å². The van der Waals surface area contributed by atoms with Crippen LogP contribution in [0.25, 0.3) is 0 Å². The van der Waals surface area contributed by atoms with Gasteiger partial charge in [-0.15, -0.1) is 5.10 Å². The van der Waals surface area contributed by atoms with Gasteiger partial charge in [0.2, 0.25) is 5.91 Å². The highest BCUT2D eigenvalue weighted by Gasteiger charge is 2.22. The monoisotopic (exact) mass is 314 g/mol. The normalized spacial score (nSPS) is 22.7. The molecule has 0 aliphatic carbocycles. The van der Waals surface area contributed by atoms with Crippen molar-refractivity contribution in [2.75, 3.05) is 6.61 Å². The summed E-state index contributed by atoms with van der Waals surface area (Å²) in [6.45, 7) is 2.79. The number of aromatic nitrogens is 3. The zero-order chi connectivity index (χ0) is 16.1. The second-order valence-corrected chi connectivity index (χ2v) is 6.06. The lowest BCUT2D eigenvalue weighted by Gasteiger charge is -2.19. The molecule has 23 heavy (non-hydrogen) atoms. The van der Waals surface area contributed by atoms with Gasteiger partial charge in [-0.3, -0.25) is 4.79 Å². The molecule has 1 aromatic heterocycles. The molecule has 2 atom stereocenters. The summed E-state index contributed by atoms with van der Waals surface area (Å²) in [6.07, 6.45) is 4.01. The van der Waals surface area contributed by atoms with E-state index in [-0.39, 0.29) is 17.9 Å². The average molecular weight is 314 g/mol. The van der Waals surface area contributed by atoms with Crippen LogP contribution < -0.4 is 5.32 Å². The predicted molar refractivity (Wildman–Crippen MR) is 85.5 cm³/mol. The minimum Gasteiger partial charge on any atom is -0.357 e. The summed E-state index contributed by atoms with van der Waals surface area (Å²) < 4.78 is 7.38. The molecular formula is C17H22N4O2. The first-order valence-corrected chi connectivity index (χ1v) is 8.02. The van der Waals surface area contributed by atoms with Gasteiger partial charge in [-0.2, -0.15) is 0 Å². The highest BCUT2D eigenvalue weighted by molar-refractivity contribution is 5.79. The van der Waals surface area contributed by atoms with Crippen molar-refractivity contribution in [3.05, 3.63) is 47.8 Å². The lowest BCUT2D eigenvalue weighted by molar-refractivity contribution is -0.126. The summed E-state index contributed by atoms with van der Waals surface area (Å²) in [4.78, 5) is 12.6. The standard InChI is InChI=1S/C17H22N4O2/c1-13-11-23-12-21-16(10-18-20-21)8-7-15(17(22)19-13)9-14-5-3-2-4-6-14/h2-6,10,13,15H,7-9,11-12H2,1H3,(H,19,22)/t13-,15+/m1/s1. The molecule has 6 heteroatoms. The van der Waals surface area contributed by atoms with Crippen LogP contribution in [-0.4, -0.2) is 33.5 Å². The number of carbonyl (C=O) groups is 1. The Morgan fingerprint density at radius 3 is 3.00 bits per heavy atom. The van der Waals surface area contributed by atoms with Gasteiger partial charge < -0.3 is 10.1 Å². The van der Waals surface area contributed by atoms with Gasteiger partial charge in [-0.25, -0.2) is 4.68 Å². The van der Waals surface area contributed by atoms with Crippen LogP contribution >= 0.6 is 0 Å². The molecule has 1 aromatic carbocycles. The van der Waals surface area contributed by atoms with E-state index in [1.807, 2.05) is 25.1 Å². The predicted octanol–water partition coefficient (Wildman–Crippen LogP) is 1.56. The van der Waals surface area contributed by atoms with Crippen LogP contribution in [0.15, 0.2) is 36.5 Å². The molecule has 3 rings (SSSR count). The zero-order valence-electron chi connectivity index (χ0n) is 13.3. The van der Waals surface area contributed by atoms with E-state index in [1.54, 1.807) is 10.9 Å². The van der Waals surface area contributed by atoms with E-state index in [0.717, 1.165) is 25.0 Å². The Morgan fingerprint density at radius 2 is 2.17 bits per heavy atom. The van der Waals surface area contributed by atoms with Crippen molar-refractivity contribution >= 4 is 5.91 Å². The molecule has 2 heterocycles. The number of fused-ring (bicyclic) bond motifs is 1. The first-order valence-electron chi connectivity index (χ1n) is 8.02. The van der Waals surface area contributed by atoms with E-state index in [9.17, 15) is 4.79 Å². The molecule has 0 unspecified atom stereocenters. The lowest BCUT2D eigenvalue weighted by atomic mass is 9.93. The molecule has 0 saturated carbocycles. The van der Waals surface area contributed by atoms with E-state index in [1.165, 1.54) is 5.56 Å². The van der Waals surface area contributed by atoms with Gasteiger partial charge in [0.05, 0.1) is 18.5 Å². The van der Waals surface area contributed by atoms with Crippen LogP contribution in [0, 0.1) is 5.92 Å². The third kappa shape index (κ3) is 4.16. The SMILES string of the molecule is C[C@@H]1COCn2nncc2CC[C@@H](Cc2ccccc2)C(=O)N1. The second kappa shape index (κ2) is 7.37. The molecule has 6 nitrogen and oxygen atoms in total. The van der Waals surface area contributed by atoms with Crippen molar-refractivity contribution in [2.24, 2.45) is 5.92 Å². The fourth-order valence-electron chi connectivity index (χ4n) is 2.85. The average Bonchev–Trinajstić information content (AvgIpc) is 2.98. The van der Waals surface area contributed by atoms with Crippen molar-refractivity contribution in [3.8, 4) is 0 Å². The molecule has 0 bridgehead atoms. The minimum atomic E-state index is -0.0682. The van der Waals surface area contributed by atoms with Gasteiger partial charge >= 0.3 is 0 Å². The molecule has 1 aliphatic heterocycles. The molecule has 0 saturated heterocycles. The summed E-state index contributed by atoms with van der Waals surface area (Å²) >= 11 is 0. The van der Waals surface area contributed by atoms with Crippen molar-refractivity contribution in [3.63, 3.8) is 0 Å². The highest BCUT2D eigenvalue weighted by atomic mass is 16.5. The summed E-state index contributed by atoms with van der Waals surface area (Å²) in [5, 5.41) is 11.1. The maximum atomic E-state index is 12.6. The molecule has 122 valence electrons. The van der Waals surface area contributed by atoms with Crippen LogP contribution in [0.2, 0.25) is 0 Å². The third-order valence-electron chi connectivity index (χ3n) is 4.11. The van der Waals surface area contributed by atoms with Gasteiger partial charge in [-0.1, -0.05) is 35.5 Å². The number of ether oxygens (including phenoxy) is 1. The van der Waals surface area contributed by atoms with Crippen LogP contribution in [0.3, 0.4) is 0 Å². The lowest BCUT2D eigenvalue weighted by Crippen LogP contribution is -2.40. The Bertz CT molecular complexity index is 641. The van der Waals surface area contributed by atoms with E-state index in [0.29, 0.717) is 13.3 Å². The number of hydrogen-bond donors (Lipinski definition) is 1. The molecular weight excluding hydrogens is 292 g/mol. The minimum absolute atomic E-state index is 0.0224. The fourth-order valence-corrected chi connectivity index (χ4v) is 2.85. The maximum absolute atomic E-state index is 12.6. The van der Waals surface area contributed by atoms with E-state index in [4.69, 9.17) is 4.74 Å². The first kappa shape index (κ1) is 15.7. The van der Waals surface area contributed by atoms with E-state index in [2.05, 4.69) is 27.8 Å². The Kier molecular flexibility index (Phi) is 5.02. The number of rotatable bonds is 2. The summed E-state index contributed by atoms with van der Waals surface area (Å²) in [7, 11) is 0. The maximum Gasteiger partial charge on any atom is 0.223 e. The highest BCUT2D eigenvalue weighted by Crippen LogP contribution is 2.17. The van der Waals surface area contributed by atoms with Crippen molar-refractivity contribution < 1.29 is 9.53 Å². The van der Waals surface area contributed by atoms with Crippen molar-refractivity contribution in [1.82, 2.24) is 20.3 Å². The number of benzene rings is 1. The van der Waals surface area contributed by atoms with Crippen LogP contribution in [0.1, 0.15) is 24.6 Å². The Balaban J connectivity index is 1.77. The Labute approximate surface area is 135 Å². The Hall–Kier alpha value is -2.21. The summed E-state index contributed by atoms with van der Waals surface area (Å²) in [5.74, 6) is 0.0205. The molecule has 0 radical (unpaired) electrons. The van der Waals surface area contributed by atoms with Crippen LogP contribution in [0.5, 0.6) is 0 Å². The number of nitrogens with one attached hydrogen (secondary N) is 1. The number of hydrogen-bond acceptors (Lipinski definition) is 4. The number of carbonyl (C=O) groups excluding carboxylic acids is 1. The smallest absolute Gasteiger partial charge is 0.223 e. The van der Waals surface area contributed by atoms with Crippen LogP contribution in [-0.2, 0) is 29.1 Å². The molecule has 1 amide bonds. The topological polar surface area (TPSA) is 69.0 Å². The number of aryl methyl sites for hydroxylation is 1. The third-order valence-corrected chi connectivity index (χ3v) is 4.11. The number of amides is 1. The van der Waals surface area contributed by atoms with E-state index >= 15 is 0 Å². The molecule has 0 spiro atoms. The van der Waals surface area contributed by atoms with Crippen molar-refractivity contribution in [2.45, 2.75) is 39.0 Å². The first-order chi connectivity index (χ1) is 11.2. The van der Waals surface area contributed by atoms with Crippen molar-refractivity contribution in [1.29, 1.82) is 0 Å². The Morgan fingerprint density at radius 1 is 1.35 bits per heavy atom. The van der Waals surface area contributed by atoms with Gasteiger partial charge in [0.1, 0.15) is 6.73 Å². The van der Waals surface area contributed by atoms with Gasteiger partial charge in [0, 0.05) is 12.0 Å². The summed E-state index contributed by atoms with van der Waals surface area (Å²) in [5.41, 5.74) is 2.18. The fraction of sp³-hybridized carbons (Fsp3) is 0.471. The van der Waals surface area contributed by atoms with E-state index < -0.39 is 0 Å². The second-order valence-electron chi connectivity index (χ2n) is 6.06. The zero-order valence-corrected chi connectivity index (χ0v) is 13.3. The molecule has 1 aliphatic rings. The number of nitrogens with zero attached hydrogens (tertiary/aromatic N) is 3. The molecule has 2 aromatic rings. The molecule has 1 N–H and O–H groups in total. The largest absolute Gasteiger partial charge is 0.357 e. The molecule has 0 fully saturated rings. The van der Waals surface area contributed by atoms with Gasteiger partial charge in [0.25, 0.3) is 0 Å². The summed E-state index contributed by atoms with van der Waals surface area (Å²) in [6, 6.07) is 10.1. The van der Waals surface area contributed by atoms with Gasteiger partial charge in [-0.05, 0) is 31.7 Å². The van der Waals surface area contributed by atoms with Gasteiger partial charge in [0.15, 0.2) is 0 Å².